The van der Waals surface area contributed by atoms with Gasteiger partial charge in [0.1, 0.15) is 0 Å². The molecule has 1 aliphatic heterocycles. The summed E-state index contributed by atoms with van der Waals surface area (Å²) in [5, 5.41) is 9.76. The van der Waals surface area contributed by atoms with Crippen molar-refractivity contribution in [2.45, 2.75) is 25.3 Å². The summed E-state index contributed by atoms with van der Waals surface area (Å²) < 4.78 is 5.94. The molecule has 3 aromatic heterocycles. The highest BCUT2D eigenvalue weighted by molar-refractivity contribution is 5.81. The van der Waals surface area contributed by atoms with Crippen LogP contribution >= 0.6 is 0 Å². The maximum absolute atomic E-state index is 5.94. The number of piperidine rings is 1. The highest BCUT2D eigenvalue weighted by atomic mass is 16.4. The van der Waals surface area contributed by atoms with Crippen LogP contribution in [-0.2, 0) is 6.54 Å². The van der Waals surface area contributed by atoms with Gasteiger partial charge >= 0.3 is 0 Å². The first kappa shape index (κ1) is 17.0. The molecule has 1 fully saturated rings. The molecule has 0 amide bonds. The molecule has 4 heterocycles. The molecule has 0 radical (unpaired) electrons. The van der Waals surface area contributed by atoms with E-state index in [1.54, 1.807) is 12.4 Å². The van der Waals surface area contributed by atoms with Crippen LogP contribution in [0.2, 0.25) is 0 Å². The molecule has 1 aromatic carbocycles. The lowest BCUT2D eigenvalue weighted by Crippen LogP contribution is -2.32. The molecule has 1 aliphatic rings. The van der Waals surface area contributed by atoms with Crippen LogP contribution in [0.15, 0.2) is 65.5 Å². The van der Waals surface area contributed by atoms with E-state index in [2.05, 4.69) is 49.3 Å². The topological polar surface area (TPSA) is 67.9 Å². The maximum Gasteiger partial charge on any atom is 0.247 e. The predicted molar refractivity (Wildman–Crippen MR) is 107 cm³/mol. The van der Waals surface area contributed by atoms with Crippen molar-refractivity contribution in [1.82, 2.24) is 25.1 Å². The summed E-state index contributed by atoms with van der Waals surface area (Å²) in [7, 11) is 0. The lowest BCUT2D eigenvalue weighted by molar-refractivity contribution is 0.194. The van der Waals surface area contributed by atoms with Crippen LogP contribution in [0.1, 0.15) is 30.2 Å². The minimum Gasteiger partial charge on any atom is -0.420 e. The molecule has 6 nitrogen and oxygen atoms in total. The van der Waals surface area contributed by atoms with Gasteiger partial charge in [0.15, 0.2) is 0 Å². The molecule has 0 spiro atoms. The van der Waals surface area contributed by atoms with E-state index in [9.17, 15) is 0 Å². The van der Waals surface area contributed by atoms with Crippen molar-refractivity contribution >= 4 is 10.9 Å². The Morgan fingerprint density at radius 3 is 2.61 bits per heavy atom. The molecule has 140 valence electrons. The van der Waals surface area contributed by atoms with Crippen LogP contribution in [0.25, 0.3) is 22.4 Å². The number of rotatable bonds is 4. The van der Waals surface area contributed by atoms with E-state index in [1.165, 1.54) is 10.9 Å². The van der Waals surface area contributed by atoms with Gasteiger partial charge in [-0.3, -0.25) is 14.9 Å². The van der Waals surface area contributed by atoms with Crippen LogP contribution in [-0.4, -0.2) is 38.2 Å². The summed E-state index contributed by atoms with van der Waals surface area (Å²) >= 11 is 0. The average molecular weight is 371 g/mol. The molecule has 0 saturated carbocycles. The first-order valence-electron chi connectivity index (χ1n) is 9.65. The number of para-hydroxylation sites is 1. The zero-order valence-corrected chi connectivity index (χ0v) is 15.5. The van der Waals surface area contributed by atoms with E-state index < -0.39 is 0 Å². The lowest BCUT2D eigenvalue weighted by atomic mass is 9.96. The van der Waals surface area contributed by atoms with Gasteiger partial charge in [-0.15, -0.1) is 10.2 Å². The second-order valence-electron chi connectivity index (χ2n) is 7.22. The summed E-state index contributed by atoms with van der Waals surface area (Å²) in [6, 6.07) is 14.3. The number of likely N-dealkylation sites (tertiary alicyclic amines) is 1. The minimum atomic E-state index is 0.327. The van der Waals surface area contributed by atoms with Crippen LogP contribution in [0.3, 0.4) is 0 Å². The van der Waals surface area contributed by atoms with Crippen molar-refractivity contribution in [3.8, 4) is 11.5 Å². The van der Waals surface area contributed by atoms with Crippen LogP contribution in [0, 0.1) is 0 Å². The molecule has 0 unspecified atom stereocenters. The third-order valence-corrected chi connectivity index (χ3v) is 5.44. The molecule has 0 bridgehead atoms. The van der Waals surface area contributed by atoms with Crippen LogP contribution < -0.4 is 0 Å². The minimum absolute atomic E-state index is 0.327. The van der Waals surface area contributed by atoms with Gasteiger partial charge in [0.05, 0.1) is 5.52 Å². The molecule has 5 rings (SSSR count). The fourth-order valence-electron chi connectivity index (χ4n) is 3.88. The first-order valence-corrected chi connectivity index (χ1v) is 9.65. The summed E-state index contributed by atoms with van der Waals surface area (Å²) in [5.74, 6) is 1.65. The molecule has 0 N–H and O–H groups in total. The zero-order valence-electron chi connectivity index (χ0n) is 15.5. The van der Waals surface area contributed by atoms with Crippen LogP contribution in [0.5, 0.6) is 0 Å². The molecular weight excluding hydrogens is 350 g/mol. The van der Waals surface area contributed by atoms with Crippen LogP contribution in [0.4, 0.5) is 0 Å². The Kier molecular flexibility index (Phi) is 4.54. The largest absolute Gasteiger partial charge is 0.420 e. The van der Waals surface area contributed by atoms with E-state index in [0.29, 0.717) is 11.8 Å². The van der Waals surface area contributed by atoms with Crippen molar-refractivity contribution in [2.75, 3.05) is 13.1 Å². The Labute approximate surface area is 163 Å². The van der Waals surface area contributed by atoms with Crippen molar-refractivity contribution in [2.24, 2.45) is 0 Å². The summed E-state index contributed by atoms with van der Waals surface area (Å²) in [6.07, 6.45) is 7.44. The summed E-state index contributed by atoms with van der Waals surface area (Å²) in [6.45, 7) is 2.99. The Balaban J connectivity index is 1.25. The molecule has 1 saturated heterocycles. The second-order valence-corrected chi connectivity index (χ2v) is 7.22. The number of pyridine rings is 2. The molecule has 6 heteroatoms. The lowest BCUT2D eigenvalue weighted by Gasteiger charge is -2.30. The number of fused-ring (bicyclic) bond motifs is 1. The van der Waals surface area contributed by atoms with Gasteiger partial charge in [-0.2, -0.15) is 0 Å². The number of hydrogen-bond acceptors (Lipinski definition) is 6. The van der Waals surface area contributed by atoms with Crippen molar-refractivity contribution in [1.29, 1.82) is 0 Å². The highest BCUT2D eigenvalue weighted by Gasteiger charge is 2.25. The van der Waals surface area contributed by atoms with Gasteiger partial charge in [0.25, 0.3) is 0 Å². The van der Waals surface area contributed by atoms with E-state index in [-0.39, 0.29) is 0 Å². The fourth-order valence-corrected chi connectivity index (χ4v) is 3.88. The van der Waals surface area contributed by atoms with Gasteiger partial charge in [0.2, 0.25) is 11.8 Å². The first-order chi connectivity index (χ1) is 13.9. The summed E-state index contributed by atoms with van der Waals surface area (Å²) in [4.78, 5) is 11.0. The molecule has 0 atom stereocenters. The zero-order chi connectivity index (χ0) is 18.8. The molecule has 0 aliphatic carbocycles. The maximum atomic E-state index is 5.94. The Morgan fingerprint density at radius 2 is 1.75 bits per heavy atom. The van der Waals surface area contributed by atoms with E-state index in [1.807, 2.05) is 24.4 Å². The van der Waals surface area contributed by atoms with Gasteiger partial charge in [0, 0.05) is 42.0 Å². The smallest absolute Gasteiger partial charge is 0.247 e. The quantitative estimate of drug-likeness (QED) is 0.539. The highest BCUT2D eigenvalue weighted by Crippen LogP contribution is 2.30. The third kappa shape index (κ3) is 3.39. The van der Waals surface area contributed by atoms with Gasteiger partial charge < -0.3 is 4.42 Å². The molecule has 4 aromatic rings. The Bertz CT molecular complexity index is 1070. The normalized spacial score (nSPS) is 15.9. The van der Waals surface area contributed by atoms with E-state index >= 15 is 0 Å². The third-order valence-electron chi connectivity index (χ3n) is 5.44. The van der Waals surface area contributed by atoms with E-state index in [0.717, 1.165) is 49.4 Å². The molecule has 28 heavy (non-hydrogen) atoms. The molecular formula is C22H21N5O. The number of nitrogens with zero attached hydrogens (tertiary/aromatic N) is 5. The van der Waals surface area contributed by atoms with Gasteiger partial charge in [-0.1, -0.05) is 18.2 Å². The van der Waals surface area contributed by atoms with E-state index in [4.69, 9.17) is 4.42 Å². The van der Waals surface area contributed by atoms with Crippen molar-refractivity contribution in [3.63, 3.8) is 0 Å². The number of hydrogen-bond donors (Lipinski definition) is 0. The standard InChI is InChI=1S/C22H21N5O/c1-2-4-20-19(3-1)18(7-12-24-20)15-27-13-8-17(9-14-27)22-26-25-21(28-22)16-5-10-23-11-6-16/h1-7,10-12,17H,8-9,13-15H2. The SMILES string of the molecule is c1ccc2c(CN3CCC(c4nnc(-c5ccncc5)o4)CC3)ccnc2c1. The monoisotopic (exact) mass is 371 g/mol. The predicted octanol–water partition coefficient (Wildman–Crippen LogP) is 4.06. The Hall–Kier alpha value is -3.12. The number of benzene rings is 1. The van der Waals surface area contributed by atoms with Crippen molar-refractivity contribution < 1.29 is 4.42 Å². The van der Waals surface area contributed by atoms with Gasteiger partial charge in [-0.25, -0.2) is 0 Å². The fraction of sp³-hybridized carbons (Fsp3) is 0.273. The summed E-state index contributed by atoms with van der Waals surface area (Å²) in [5.41, 5.74) is 3.31. The van der Waals surface area contributed by atoms with Gasteiger partial charge in [-0.05, 0) is 55.8 Å². The Morgan fingerprint density at radius 1 is 0.929 bits per heavy atom. The van der Waals surface area contributed by atoms with Crippen molar-refractivity contribution in [3.05, 3.63) is 72.5 Å². The average Bonchev–Trinajstić information content (AvgIpc) is 3.26. The number of aromatic nitrogens is 4. The second kappa shape index (κ2) is 7.48.